The summed E-state index contributed by atoms with van der Waals surface area (Å²) in [7, 11) is 1.75. The molecule has 10 heavy (non-hydrogen) atoms. The minimum Gasteiger partial charge on any atom is -0.322 e. The molecule has 2 nitrogen and oxygen atoms in total. The number of rotatable bonds is 3. The van der Waals surface area contributed by atoms with Gasteiger partial charge in [-0.15, -0.1) is 0 Å². The molecule has 0 aromatic carbocycles. The summed E-state index contributed by atoms with van der Waals surface area (Å²) in [6.07, 6.45) is 0.924. The Hall–Kier alpha value is -0.280. The SMILES string of the molecule is C=CSC(=NC)C(N)CC. The molecule has 0 rings (SSSR count). The third-order valence-corrected chi connectivity index (χ3v) is 2.07. The Morgan fingerprint density at radius 1 is 1.90 bits per heavy atom. The van der Waals surface area contributed by atoms with E-state index in [1.807, 2.05) is 6.92 Å². The maximum atomic E-state index is 5.71. The first-order valence-corrected chi connectivity index (χ1v) is 4.14. The van der Waals surface area contributed by atoms with Crippen molar-refractivity contribution < 1.29 is 0 Å². The molecule has 58 valence electrons. The van der Waals surface area contributed by atoms with E-state index in [4.69, 9.17) is 5.73 Å². The van der Waals surface area contributed by atoms with Gasteiger partial charge in [-0.2, -0.15) is 0 Å². The van der Waals surface area contributed by atoms with E-state index in [0.717, 1.165) is 11.5 Å². The van der Waals surface area contributed by atoms with E-state index in [1.165, 1.54) is 11.8 Å². The maximum absolute atomic E-state index is 5.71. The van der Waals surface area contributed by atoms with E-state index in [9.17, 15) is 0 Å². The fourth-order valence-corrected chi connectivity index (χ4v) is 1.18. The topological polar surface area (TPSA) is 38.4 Å². The molecule has 0 radical (unpaired) electrons. The average molecular weight is 158 g/mol. The predicted molar refractivity (Wildman–Crippen MR) is 49.4 cm³/mol. The van der Waals surface area contributed by atoms with Crippen LogP contribution in [0.3, 0.4) is 0 Å². The van der Waals surface area contributed by atoms with Crippen molar-refractivity contribution in [2.75, 3.05) is 7.05 Å². The zero-order valence-electron chi connectivity index (χ0n) is 6.50. The standard InChI is InChI=1S/C7H14N2S/c1-4-6(8)7(9-3)10-5-2/h5-6H,2,4,8H2,1,3H3. The third kappa shape index (κ3) is 3.03. The van der Waals surface area contributed by atoms with Gasteiger partial charge in [0.15, 0.2) is 0 Å². The van der Waals surface area contributed by atoms with Gasteiger partial charge in [0.05, 0.1) is 11.1 Å². The van der Waals surface area contributed by atoms with E-state index in [2.05, 4.69) is 11.6 Å². The lowest BCUT2D eigenvalue weighted by Gasteiger charge is -2.08. The van der Waals surface area contributed by atoms with Crippen LogP contribution in [0, 0.1) is 0 Å². The van der Waals surface area contributed by atoms with Crippen LogP contribution >= 0.6 is 11.8 Å². The minimum atomic E-state index is 0.0769. The van der Waals surface area contributed by atoms with Crippen molar-refractivity contribution in [3.05, 3.63) is 12.0 Å². The molecule has 0 aliphatic rings. The van der Waals surface area contributed by atoms with Gasteiger partial charge in [-0.1, -0.05) is 25.3 Å². The first-order valence-electron chi connectivity index (χ1n) is 3.26. The number of hydrogen-bond donors (Lipinski definition) is 1. The zero-order valence-corrected chi connectivity index (χ0v) is 7.32. The fraction of sp³-hybridized carbons (Fsp3) is 0.571. The minimum absolute atomic E-state index is 0.0769. The van der Waals surface area contributed by atoms with E-state index < -0.39 is 0 Å². The molecule has 3 heteroatoms. The van der Waals surface area contributed by atoms with Gasteiger partial charge in [-0.25, -0.2) is 0 Å². The number of aliphatic imine (C=N–C) groups is 1. The normalized spacial score (nSPS) is 14.9. The molecule has 0 fully saturated rings. The molecule has 1 atom stereocenters. The first-order chi connectivity index (χ1) is 4.76. The highest BCUT2D eigenvalue weighted by molar-refractivity contribution is 8.16. The van der Waals surface area contributed by atoms with Crippen molar-refractivity contribution in [1.82, 2.24) is 0 Å². The monoisotopic (exact) mass is 158 g/mol. The Kier molecular flexibility index (Phi) is 5.35. The molecule has 0 saturated heterocycles. The summed E-state index contributed by atoms with van der Waals surface area (Å²) in [5.41, 5.74) is 5.71. The summed E-state index contributed by atoms with van der Waals surface area (Å²) >= 11 is 1.50. The van der Waals surface area contributed by atoms with Crippen molar-refractivity contribution in [2.45, 2.75) is 19.4 Å². The van der Waals surface area contributed by atoms with Crippen LogP contribution in [0.15, 0.2) is 17.0 Å². The van der Waals surface area contributed by atoms with Crippen LogP contribution in [0.4, 0.5) is 0 Å². The zero-order chi connectivity index (χ0) is 7.98. The molecular formula is C7H14N2S. The smallest absolute Gasteiger partial charge is 0.0881 e. The predicted octanol–water partition coefficient (Wildman–Crippen LogP) is 1.63. The van der Waals surface area contributed by atoms with Gasteiger partial charge in [0.25, 0.3) is 0 Å². The highest BCUT2D eigenvalue weighted by atomic mass is 32.2. The second kappa shape index (κ2) is 5.50. The van der Waals surface area contributed by atoms with E-state index >= 15 is 0 Å². The van der Waals surface area contributed by atoms with Crippen LogP contribution in [0.25, 0.3) is 0 Å². The van der Waals surface area contributed by atoms with Gasteiger partial charge in [0.2, 0.25) is 0 Å². The molecule has 2 N–H and O–H groups in total. The Balaban J connectivity index is 3.93. The van der Waals surface area contributed by atoms with Crippen molar-refractivity contribution in [3.63, 3.8) is 0 Å². The largest absolute Gasteiger partial charge is 0.322 e. The fourth-order valence-electron chi connectivity index (χ4n) is 0.566. The molecule has 0 heterocycles. The number of nitrogens with zero attached hydrogens (tertiary/aromatic N) is 1. The number of nitrogens with two attached hydrogens (primary N) is 1. The number of hydrogen-bond acceptors (Lipinski definition) is 3. The van der Waals surface area contributed by atoms with E-state index in [0.29, 0.717) is 0 Å². The van der Waals surface area contributed by atoms with E-state index in [-0.39, 0.29) is 6.04 Å². The molecule has 0 aliphatic heterocycles. The maximum Gasteiger partial charge on any atom is 0.0881 e. The quantitative estimate of drug-likeness (QED) is 0.501. The lowest BCUT2D eigenvalue weighted by molar-refractivity contribution is 0.828. The number of thioether (sulfide) groups is 1. The lowest BCUT2D eigenvalue weighted by Crippen LogP contribution is -2.26. The van der Waals surface area contributed by atoms with Crippen molar-refractivity contribution in [1.29, 1.82) is 0 Å². The van der Waals surface area contributed by atoms with Gasteiger partial charge in [0, 0.05) is 7.05 Å². The van der Waals surface area contributed by atoms with Crippen LogP contribution in [0.1, 0.15) is 13.3 Å². The third-order valence-electron chi connectivity index (χ3n) is 1.18. The Labute approximate surface area is 66.6 Å². The van der Waals surface area contributed by atoms with Crippen LogP contribution < -0.4 is 5.73 Å². The molecule has 0 saturated carbocycles. The summed E-state index contributed by atoms with van der Waals surface area (Å²) < 4.78 is 0. The second-order valence-electron chi connectivity index (χ2n) is 1.86. The van der Waals surface area contributed by atoms with Gasteiger partial charge >= 0.3 is 0 Å². The molecule has 0 aromatic rings. The van der Waals surface area contributed by atoms with Gasteiger partial charge in [-0.3, -0.25) is 4.99 Å². The Morgan fingerprint density at radius 3 is 2.80 bits per heavy atom. The molecule has 0 bridgehead atoms. The van der Waals surface area contributed by atoms with Crippen molar-refractivity contribution in [2.24, 2.45) is 10.7 Å². The molecule has 0 aliphatic carbocycles. The van der Waals surface area contributed by atoms with Crippen LogP contribution in [-0.2, 0) is 0 Å². The highest BCUT2D eigenvalue weighted by Gasteiger charge is 2.05. The molecule has 0 spiro atoms. The van der Waals surface area contributed by atoms with Crippen molar-refractivity contribution in [3.8, 4) is 0 Å². The molecular weight excluding hydrogens is 144 g/mol. The van der Waals surface area contributed by atoms with Gasteiger partial charge in [0.1, 0.15) is 0 Å². The Bertz CT molecular complexity index is 132. The molecule has 0 aromatic heterocycles. The van der Waals surface area contributed by atoms with Crippen molar-refractivity contribution >= 4 is 16.8 Å². The first kappa shape index (κ1) is 9.72. The van der Waals surface area contributed by atoms with Gasteiger partial charge in [-0.05, 0) is 11.8 Å². The molecule has 0 amide bonds. The lowest BCUT2D eigenvalue weighted by atomic mass is 10.3. The van der Waals surface area contributed by atoms with Crippen LogP contribution in [0.2, 0.25) is 0 Å². The van der Waals surface area contributed by atoms with Crippen LogP contribution in [-0.4, -0.2) is 18.1 Å². The second-order valence-corrected chi connectivity index (χ2v) is 2.85. The van der Waals surface area contributed by atoms with E-state index in [1.54, 1.807) is 12.5 Å². The average Bonchev–Trinajstić information content (AvgIpc) is 1.99. The Morgan fingerprint density at radius 2 is 2.50 bits per heavy atom. The summed E-state index contributed by atoms with van der Waals surface area (Å²) in [5, 5.41) is 2.70. The van der Waals surface area contributed by atoms with Gasteiger partial charge < -0.3 is 5.73 Å². The van der Waals surface area contributed by atoms with Crippen LogP contribution in [0.5, 0.6) is 0 Å². The summed E-state index contributed by atoms with van der Waals surface area (Å²) in [4.78, 5) is 4.03. The summed E-state index contributed by atoms with van der Waals surface area (Å²) in [6.45, 7) is 5.63. The highest BCUT2D eigenvalue weighted by Crippen LogP contribution is 2.08. The molecule has 1 unspecified atom stereocenters. The summed E-state index contributed by atoms with van der Waals surface area (Å²) in [5.74, 6) is 0. The summed E-state index contributed by atoms with van der Waals surface area (Å²) in [6, 6.07) is 0.0769.